The Hall–Kier alpha value is -3.02. The first-order chi connectivity index (χ1) is 11.2. The van der Waals surface area contributed by atoms with Crippen molar-refractivity contribution >= 4 is 11.6 Å². The van der Waals surface area contributed by atoms with Crippen molar-refractivity contribution in [3.8, 4) is 11.5 Å². The van der Waals surface area contributed by atoms with Gasteiger partial charge in [0.15, 0.2) is 0 Å². The molecule has 0 N–H and O–H groups in total. The van der Waals surface area contributed by atoms with E-state index < -0.39 is 5.97 Å². The van der Waals surface area contributed by atoms with Crippen LogP contribution in [-0.2, 0) is 11.3 Å². The smallest absolute Gasteiger partial charge is 0.355 e. The molecule has 0 unspecified atom stereocenters. The van der Waals surface area contributed by atoms with E-state index in [1.807, 2.05) is 24.3 Å². The summed E-state index contributed by atoms with van der Waals surface area (Å²) in [6.07, 6.45) is 1.68. The van der Waals surface area contributed by atoms with Gasteiger partial charge in [0.05, 0.1) is 26.1 Å². The van der Waals surface area contributed by atoms with E-state index in [4.69, 9.17) is 14.2 Å². The first kappa shape index (κ1) is 14.9. The molecule has 0 atom stereocenters. The predicted octanol–water partition coefficient (Wildman–Crippen LogP) is 2.71. The molecule has 0 aliphatic rings. The lowest BCUT2D eigenvalue weighted by Crippen LogP contribution is -2.10. The number of ether oxygens (including phenoxy) is 3. The number of hydrogen-bond acceptors (Lipinski definition) is 5. The van der Waals surface area contributed by atoms with Gasteiger partial charge in [0.2, 0.25) is 0 Å². The maximum absolute atomic E-state index is 11.9. The quantitative estimate of drug-likeness (QED) is 0.678. The highest BCUT2D eigenvalue weighted by molar-refractivity contribution is 5.88. The molecular formula is C17H16N2O4. The molecule has 0 radical (unpaired) electrons. The number of imidazole rings is 1. The van der Waals surface area contributed by atoms with E-state index in [0.717, 1.165) is 11.4 Å². The van der Waals surface area contributed by atoms with Crippen molar-refractivity contribution < 1.29 is 19.0 Å². The van der Waals surface area contributed by atoms with Crippen LogP contribution < -0.4 is 9.47 Å². The molecule has 0 saturated carbocycles. The molecule has 6 nitrogen and oxygen atoms in total. The normalized spacial score (nSPS) is 10.5. The molecule has 23 heavy (non-hydrogen) atoms. The van der Waals surface area contributed by atoms with E-state index >= 15 is 0 Å². The molecule has 3 aromatic rings. The number of esters is 1. The summed E-state index contributed by atoms with van der Waals surface area (Å²) in [5.74, 6) is 0.974. The highest BCUT2D eigenvalue weighted by Crippen LogP contribution is 2.20. The minimum Gasteiger partial charge on any atom is -0.497 e. The number of benzene rings is 1. The molecule has 2 aromatic heterocycles. The summed E-state index contributed by atoms with van der Waals surface area (Å²) in [4.78, 5) is 16.2. The molecule has 0 amide bonds. The summed E-state index contributed by atoms with van der Waals surface area (Å²) in [5, 5.41) is 0. The number of nitrogens with zero attached hydrogens (tertiary/aromatic N) is 2. The van der Waals surface area contributed by atoms with Gasteiger partial charge in [-0.05, 0) is 24.3 Å². The minimum absolute atomic E-state index is 0.266. The molecule has 0 aliphatic carbocycles. The Kier molecular flexibility index (Phi) is 4.14. The summed E-state index contributed by atoms with van der Waals surface area (Å²) in [5.41, 5.74) is 1.83. The van der Waals surface area contributed by atoms with Gasteiger partial charge < -0.3 is 14.2 Å². The van der Waals surface area contributed by atoms with E-state index in [-0.39, 0.29) is 6.61 Å². The van der Waals surface area contributed by atoms with Crippen molar-refractivity contribution in [2.75, 3.05) is 14.2 Å². The highest BCUT2D eigenvalue weighted by atomic mass is 16.5. The Balaban J connectivity index is 1.89. The monoisotopic (exact) mass is 312 g/mol. The number of rotatable bonds is 5. The largest absolute Gasteiger partial charge is 0.497 e. The fourth-order valence-corrected chi connectivity index (χ4v) is 2.31. The van der Waals surface area contributed by atoms with E-state index in [1.54, 1.807) is 35.9 Å². The number of aromatic nitrogens is 2. The minimum atomic E-state index is -0.420. The summed E-state index contributed by atoms with van der Waals surface area (Å²) in [6.45, 7) is 0.266. The molecule has 0 bridgehead atoms. The van der Waals surface area contributed by atoms with Gasteiger partial charge in [0.25, 0.3) is 0 Å². The van der Waals surface area contributed by atoms with Crippen molar-refractivity contribution in [3.63, 3.8) is 0 Å². The van der Waals surface area contributed by atoms with Gasteiger partial charge in [0.1, 0.15) is 29.4 Å². The van der Waals surface area contributed by atoms with Crippen LogP contribution in [0.25, 0.3) is 5.65 Å². The second kappa shape index (κ2) is 6.39. The number of hydrogen-bond donors (Lipinski definition) is 0. The van der Waals surface area contributed by atoms with Gasteiger partial charge in [-0.25, -0.2) is 9.78 Å². The lowest BCUT2D eigenvalue weighted by atomic mass is 10.3. The van der Waals surface area contributed by atoms with Gasteiger partial charge >= 0.3 is 5.97 Å². The fraction of sp³-hybridized carbons (Fsp3) is 0.176. The molecule has 1 aromatic carbocycles. The summed E-state index contributed by atoms with van der Waals surface area (Å²) >= 11 is 0. The van der Waals surface area contributed by atoms with E-state index in [1.165, 1.54) is 7.11 Å². The van der Waals surface area contributed by atoms with Crippen LogP contribution in [0, 0.1) is 0 Å². The highest BCUT2D eigenvalue weighted by Gasteiger charge is 2.14. The van der Waals surface area contributed by atoms with E-state index in [9.17, 15) is 4.79 Å². The molecule has 118 valence electrons. The average Bonchev–Trinajstić information content (AvgIpc) is 3.02. The van der Waals surface area contributed by atoms with Crippen LogP contribution in [0.3, 0.4) is 0 Å². The standard InChI is InChI=1S/C17H16N2O4/c1-21-13-5-3-6-14(9-13)23-11-12-10-18-16-8-4-7-15(19(12)16)17(20)22-2/h3-10H,11H2,1-2H3. The van der Waals surface area contributed by atoms with Crippen LogP contribution in [-0.4, -0.2) is 29.6 Å². The Bertz CT molecular complexity index is 841. The molecule has 0 aliphatic heterocycles. The SMILES string of the molecule is COC(=O)c1cccc2ncc(COc3cccc(OC)c3)n12. The van der Waals surface area contributed by atoms with Gasteiger partial charge in [-0.2, -0.15) is 0 Å². The number of carbonyl (C=O) groups is 1. The second-order valence-corrected chi connectivity index (χ2v) is 4.81. The Labute approximate surface area is 133 Å². The van der Waals surface area contributed by atoms with Gasteiger partial charge in [-0.15, -0.1) is 0 Å². The van der Waals surface area contributed by atoms with Crippen LogP contribution in [0.2, 0.25) is 0 Å². The molecule has 6 heteroatoms. The molecule has 3 rings (SSSR count). The van der Waals surface area contributed by atoms with Gasteiger partial charge in [-0.3, -0.25) is 4.40 Å². The van der Waals surface area contributed by atoms with Crippen LogP contribution >= 0.6 is 0 Å². The lowest BCUT2D eigenvalue weighted by Gasteiger charge is -2.09. The predicted molar refractivity (Wildman–Crippen MR) is 83.9 cm³/mol. The zero-order valence-electron chi connectivity index (χ0n) is 12.9. The summed E-state index contributed by atoms with van der Waals surface area (Å²) in [7, 11) is 2.96. The Morgan fingerprint density at radius 3 is 2.70 bits per heavy atom. The van der Waals surface area contributed by atoms with Crippen molar-refractivity contribution in [3.05, 3.63) is 60.0 Å². The molecule has 0 saturated heterocycles. The number of methoxy groups -OCH3 is 2. The zero-order chi connectivity index (χ0) is 16.2. The van der Waals surface area contributed by atoms with E-state index in [2.05, 4.69) is 4.98 Å². The molecule has 0 spiro atoms. The van der Waals surface area contributed by atoms with Crippen molar-refractivity contribution in [2.45, 2.75) is 6.61 Å². The Morgan fingerprint density at radius 2 is 1.91 bits per heavy atom. The van der Waals surface area contributed by atoms with Crippen LogP contribution in [0.5, 0.6) is 11.5 Å². The summed E-state index contributed by atoms with van der Waals surface area (Å²) < 4.78 is 17.5. The second-order valence-electron chi connectivity index (χ2n) is 4.81. The first-order valence-corrected chi connectivity index (χ1v) is 7.03. The van der Waals surface area contributed by atoms with Crippen LogP contribution in [0.4, 0.5) is 0 Å². The topological polar surface area (TPSA) is 62.1 Å². The van der Waals surface area contributed by atoms with Crippen LogP contribution in [0.15, 0.2) is 48.7 Å². The third-order valence-corrected chi connectivity index (χ3v) is 3.42. The molecule has 0 fully saturated rings. The number of carbonyl (C=O) groups excluding carboxylic acids is 1. The third-order valence-electron chi connectivity index (χ3n) is 3.42. The summed E-state index contributed by atoms with van der Waals surface area (Å²) in [6, 6.07) is 12.6. The van der Waals surface area contributed by atoms with E-state index in [0.29, 0.717) is 17.1 Å². The maximum Gasteiger partial charge on any atom is 0.355 e. The van der Waals surface area contributed by atoms with Crippen LogP contribution in [0.1, 0.15) is 16.2 Å². The van der Waals surface area contributed by atoms with Gasteiger partial charge in [0, 0.05) is 6.07 Å². The lowest BCUT2D eigenvalue weighted by molar-refractivity contribution is 0.0591. The van der Waals surface area contributed by atoms with Crippen molar-refractivity contribution in [1.29, 1.82) is 0 Å². The fourth-order valence-electron chi connectivity index (χ4n) is 2.31. The van der Waals surface area contributed by atoms with Gasteiger partial charge in [-0.1, -0.05) is 12.1 Å². The molecular weight excluding hydrogens is 296 g/mol. The van der Waals surface area contributed by atoms with Crippen molar-refractivity contribution in [2.24, 2.45) is 0 Å². The Morgan fingerprint density at radius 1 is 1.13 bits per heavy atom. The van der Waals surface area contributed by atoms with Crippen molar-refractivity contribution in [1.82, 2.24) is 9.38 Å². The average molecular weight is 312 g/mol. The zero-order valence-corrected chi connectivity index (χ0v) is 12.9. The molecule has 2 heterocycles. The number of pyridine rings is 1. The first-order valence-electron chi connectivity index (χ1n) is 7.03. The number of fused-ring (bicyclic) bond motifs is 1. The maximum atomic E-state index is 11.9. The third kappa shape index (κ3) is 2.96.